The van der Waals surface area contributed by atoms with Crippen LogP contribution in [0.4, 0.5) is 0 Å². The molecule has 1 aliphatic rings. The predicted molar refractivity (Wildman–Crippen MR) is 75.3 cm³/mol. The molecule has 1 saturated heterocycles. The van der Waals surface area contributed by atoms with Gasteiger partial charge in [-0.1, -0.05) is 17.7 Å². The zero-order valence-corrected chi connectivity index (χ0v) is 11.7. The van der Waals surface area contributed by atoms with Gasteiger partial charge < -0.3 is 15.8 Å². The molecule has 1 aromatic rings. The molecule has 3 N–H and O–H groups in total. The number of hydrogen-bond donors (Lipinski definition) is 2. The van der Waals surface area contributed by atoms with Crippen LogP contribution in [0.25, 0.3) is 0 Å². The molecule has 1 fully saturated rings. The fourth-order valence-corrected chi connectivity index (χ4v) is 2.31. The Morgan fingerprint density at radius 2 is 2.26 bits per heavy atom. The largest absolute Gasteiger partial charge is 0.479 e. The van der Waals surface area contributed by atoms with Gasteiger partial charge in [0.05, 0.1) is 5.02 Å². The van der Waals surface area contributed by atoms with E-state index in [-0.39, 0.29) is 11.9 Å². The molecule has 104 valence electrons. The van der Waals surface area contributed by atoms with Crippen LogP contribution in [0.15, 0.2) is 18.2 Å². The molecule has 2 atom stereocenters. The summed E-state index contributed by atoms with van der Waals surface area (Å²) in [6.07, 6.45) is 2.22. The third kappa shape index (κ3) is 3.61. The summed E-state index contributed by atoms with van der Waals surface area (Å²) in [6.45, 7) is 2.61. The van der Waals surface area contributed by atoms with Gasteiger partial charge in [-0.2, -0.15) is 0 Å². The zero-order chi connectivity index (χ0) is 13.8. The van der Waals surface area contributed by atoms with E-state index in [4.69, 9.17) is 22.1 Å². The fraction of sp³-hybridized carbons (Fsp3) is 0.500. The maximum Gasteiger partial charge on any atom is 0.261 e. The first-order chi connectivity index (χ1) is 9.08. The van der Waals surface area contributed by atoms with Crippen molar-refractivity contribution in [2.45, 2.75) is 38.3 Å². The molecule has 0 bridgehead atoms. The SMILES string of the molecule is C[C@H](N)c1ccc(OC2CCCCNC2=O)c(Cl)c1. The average molecular weight is 283 g/mol. The van der Waals surface area contributed by atoms with E-state index in [1.54, 1.807) is 12.1 Å². The van der Waals surface area contributed by atoms with Gasteiger partial charge in [0.25, 0.3) is 5.91 Å². The van der Waals surface area contributed by atoms with Gasteiger partial charge in [-0.05, 0) is 43.9 Å². The molecule has 0 saturated carbocycles. The normalized spacial score (nSPS) is 21.4. The van der Waals surface area contributed by atoms with Crippen molar-refractivity contribution in [1.29, 1.82) is 0 Å². The minimum atomic E-state index is -0.457. The molecule has 0 aliphatic carbocycles. The molecule has 0 aromatic heterocycles. The number of nitrogens with two attached hydrogens (primary N) is 1. The summed E-state index contributed by atoms with van der Waals surface area (Å²) in [6, 6.07) is 5.36. The van der Waals surface area contributed by atoms with E-state index >= 15 is 0 Å². The molecule has 5 heteroatoms. The second-order valence-corrected chi connectivity index (χ2v) is 5.28. The third-order valence-corrected chi connectivity index (χ3v) is 3.53. The number of carbonyl (C=O) groups excluding carboxylic acids is 1. The van der Waals surface area contributed by atoms with Crippen LogP contribution in [0.3, 0.4) is 0 Å². The van der Waals surface area contributed by atoms with Crippen LogP contribution in [0, 0.1) is 0 Å². The Labute approximate surface area is 118 Å². The summed E-state index contributed by atoms with van der Waals surface area (Å²) in [5.74, 6) is 0.470. The van der Waals surface area contributed by atoms with Crippen LogP contribution in [0.2, 0.25) is 5.02 Å². The number of hydrogen-bond acceptors (Lipinski definition) is 3. The number of carbonyl (C=O) groups is 1. The quantitative estimate of drug-likeness (QED) is 0.895. The average Bonchev–Trinajstić information content (AvgIpc) is 2.57. The molecule has 19 heavy (non-hydrogen) atoms. The number of nitrogens with one attached hydrogen (secondary N) is 1. The van der Waals surface area contributed by atoms with Crippen molar-refractivity contribution in [3.8, 4) is 5.75 Å². The van der Waals surface area contributed by atoms with Gasteiger partial charge in [0.1, 0.15) is 5.75 Å². The van der Waals surface area contributed by atoms with Crippen LogP contribution in [-0.2, 0) is 4.79 Å². The highest BCUT2D eigenvalue weighted by atomic mass is 35.5. The van der Waals surface area contributed by atoms with Gasteiger partial charge in [0, 0.05) is 12.6 Å². The van der Waals surface area contributed by atoms with E-state index in [1.807, 2.05) is 13.0 Å². The van der Waals surface area contributed by atoms with Crippen molar-refractivity contribution in [3.63, 3.8) is 0 Å². The van der Waals surface area contributed by atoms with Crippen molar-refractivity contribution in [3.05, 3.63) is 28.8 Å². The monoisotopic (exact) mass is 282 g/mol. The molecule has 1 aliphatic heterocycles. The van der Waals surface area contributed by atoms with Crippen LogP contribution >= 0.6 is 11.6 Å². The summed E-state index contributed by atoms with van der Waals surface area (Å²) < 4.78 is 5.73. The zero-order valence-electron chi connectivity index (χ0n) is 11.0. The Hall–Kier alpha value is -1.26. The van der Waals surface area contributed by atoms with Crippen LogP contribution in [0.1, 0.15) is 37.8 Å². The lowest BCUT2D eigenvalue weighted by atomic mass is 10.1. The first-order valence-electron chi connectivity index (χ1n) is 6.57. The lowest BCUT2D eigenvalue weighted by Crippen LogP contribution is -2.36. The first-order valence-corrected chi connectivity index (χ1v) is 6.95. The van der Waals surface area contributed by atoms with Crippen LogP contribution < -0.4 is 15.8 Å². The standard InChI is InChI=1S/C14H19ClN2O2/c1-9(16)10-5-6-12(11(15)8-10)19-13-4-2-3-7-17-14(13)18/h5-6,8-9,13H,2-4,7,16H2,1H3,(H,17,18)/t9-,13?/m0/s1. The van der Waals surface area contributed by atoms with E-state index < -0.39 is 6.10 Å². The van der Waals surface area contributed by atoms with E-state index in [2.05, 4.69) is 5.32 Å². The maximum atomic E-state index is 11.8. The van der Waals surface area contributed by atoms with Crippen molar-refractivity contribution < 1.29 is 9.53 Å². The minimum Gasteiger partial charge on any atom is -0.479 e. The molecule has 1 unspecified atom stereocenters. The summed E-state index contributed by atoms with van der Waals surface area (Å²) >= 11 is 6.17. The lowest BCUT2D eigenvalue weighted by Gasteiger charge is -2.17. The van der Waals surface area contributed by atoms with E-state index in [0.29, 0.717) is 10.8 Å². The summed E-state index contributed by atoms with van der Waals surface area (Å²) in [7, 11) is 0. The van der Waals surface area contributed by atoms with Crippen molar-refractivity contribution in [2.75, 3.05) is 6.54 Å². The van der Waals surface area contributed by atoms with Gasteiger partial charge in [0.15, 0.2) is 6.10 Å². The van der Waals surface area contributed by atoms with Crippen LogP contribution in [-0.4, -0.2) is 18.6 Å². The molecule has 1 amide bonds. The first kappa shape index (κ1) is 14.2. The second-order valence-electron chi connectivity index (χ2n) is 4.87. The second kappa shape index (κ2) is 6.26. The van der Waals surface area contributed by atoms with Crippen molar-refractivity contribution in [2.24, 2.45) is 5.73 Å². The molecular weight excluding hydrogens is 264 g/mol. The Balaban J connectivity index is 2.11. The van der Waals surface area contributed by atoms with Gasteiger partial charge in [-0.3, -0.25) is 4.79 Å². The Bertz CT molecular complexity index is 463. The third-order valence-electron chi connectivity index (χ3n) is 3.24. The molecule has 0 spiro atoms. The molecular formula is C14H19ClN2O2. The predicted octanol–water partition coefficient (Wildman–Crippen LogP) is 2.41. The van der Waals surface area contributed by atoms with Gasteiger partial charge in [0.2, 0.25) is 0 Å². The number of ether oxygens (including phenoxy) is 1. The molecule has 1 heterocycles. The minimum absolute atomic E-state index is 0.0650. The molecule has 2 rings (SSSR count). The lowest BCUT2D eigenvalue weighted by molar-refractivity contribution is -0.127. The summed E-state index contributed by atoms with van der Waals surface area (Å²) in [5.41, 5.74) is 6.74. The summed E-state index contributed by atoms with van der Waals surface area (Å²) in [5, 5.41) is 3.33. The van der Waals surface area contributed by atoms with Gasteiger partial charge in [-0.25, -0.2) is 0 Å². The Morgan fingerprint density at radius 3 is 2.95 bits per heavy atom. The van der Waals surface area contributed by atoms with E-state index in [1.165, 1.54) is 0 Å². The molecule has 0 radical (unpaired) electrons. The van der Waals surface area contributed by atoms with Crippen LogP contribution in [0.5, 0.6) is 5.75 Å². The fourth-order valence-electron chi connectivity index (χ4n) is 2.07. The van der Waals surface area contributed by atoms with E-state index in [9.17, 15) is 4.79 Å². The Kier molecular flexibility index (Phi) is 4.66. The molecule has 1 aromatic carbocycles. The highest BCUT2D eigenvalue weighted by molar-refractivity contribution is 6.32. The summed E-state index contributed by atoms with van der Waals surface area (Å²) in [4.78, 5) is 11.8. The van der Waals surface area contributed by atoms with E-state index in [0.717, 1.165) is 31.4 Å². The van der Waals surface area contributed by atoms with Gasteiger partial charge >= 0.3 is 0 Å². The number of amides is 1. The number of rotatable bonds is 3. The molecule has 4 nitrogen and oxygen atoms in total. The smallest absolute Gasteiger partial charge is 0.261 e. The van der Waals surface area contributed by atoms with Crippen molar-refractivity contribution in [1.82, 2.24) is 5.32 Å². The Morgan fingerprint density at radius 1 is 1.47 bits per heavy atom. The highest BCUT2D eigenvalue weighted by Crippen LogP contribution is 2.29. The van der Waals surface area contributed by atoms with Crippen molar-refractivity contribution >= 4 is 17.5 Å². The topological polar surface area (TPSA) is 64.3 Å². The highest BCUT2D eigenvalue weighted by Gasteiger charge is 2.23. The number of benzene rings is 1. The van der Waals surface area contributed by atoms with Gasteiger partial charge in [-0.15, -0.1) is 0 Å². The number of halogens is 1. The maximum absolute atomic E-state index is 11.8.